The minimum absolute atomic E-state index is 0.0834. The number of hydrogen-bond donors (Lipinski definition) is 1. The van der Waals surface area contributed by atoms with Crippen LogP contribution in [0, 0.1) is 0 Å². The van der Waals surface area contributed by atoms with Gasteiger partial charge in [0, 0.05) is 5.25 Å². The van der Waals surface area contributed by atoms with Gasteiger partial charge in [-0.15, -0.1) is 0 Å². The molecule has 1 saturated heterocycles. The maximum Gasteiger partial charge on any atom is 0.318 e. The van der Waals surface area contributed by atoms with E-state index >= 15 is 0 Å². The van der Waals surface area contributed by atoms with Gasteiger partial charge in [0.05, 0.1) is 0 Å². The Labute approximate surface area is 66.6 Å². The highest BCUT2D eigenvalue weighted by Gasteiger charge is 2.36. The second-order valence-electron chi connectivity index (χ2n) is 1.95. The van der Waals surface area contributed by atoms with E-state index in [-0.39, 0.29) is 9.70 Å². The van der Waals surface area contributed by atoms with E-state index in [1.165, 1.54) is 0 Å². The maximum atomic E-state index is 10.6. The summed E-state index contributed by atoms with van der Waals surface area (Å²) in [5, 5.41) is 7.88. The molecule has 0 amide bonds. The van der Waals surface area contributed by atoms with Gasteiger partial charge >= 0.3 is 5.97 Å². The summed E-state index contributed by atoms with van der Waals surface area (Å²) in [6.07, 6.45) is 0. The lowest BCUT2D eigenvalue weighted by atomic mass is 10.3. The summed E-state index contributed by atoms with van der Waals surface area (Å²) in [7, 11) is 0. The lowest BCUT2D eigenvalue weighted by Crippen LogP contribution is -2.22. The Bertz CT molecular complexity index is 180. The van der Waals surface area contributed by atoms with E-state index in [9.17, 15) is 9.59 Å². The zero-order valence-corrected chi connectivity index (χ0v) is 6.87. The predicted molar refractivity (Wildman–Crippen MR) is 41.5 cm³/mol. The molecule has 0 aromatic heterocycles. The first-order valence-electron chi connectivity index (χ1n) is 2.71. The zero-order valence-electron chi connectivity index (χ0n) is 5.23. The van der Waals surface area contributed by atoms with Crippen LogP contribution in [-0.2, 0) is 4.79 Å². The molecular formula is C5H6O3S2. The second kappa shape index (κ2) is 2.84. The van der Waals surface area contributed by atoms with Crippen molar-refractivity contribution >= 4 is 33.9 Å². The number of carboxylic acids is 1. The molecule has 1 rings (SSSR count). The first-order valence-corrected chi connectivity index (χ1v) is 4.47. The van der Waals surface area contributed by atoms with Crippen molar-refractivity contribution in [3.8, 4) is 0 Å². The van der Waals surface area contributed by atoms with Crippen molar-refractivity contribution in [2.75, 3.05) is 0 Å². The van der Waals surface area contributed by atoms with Crippen molar-refractivity contribution < 1.29 is 14.7 Å². The van der Waals surface area contributed by atoms with Crippen LogP contribution in [0.5, 0.6) is 0 Å². The Morgan fingerprint density at radius 1 is 1.60 bits per heavy atom. The van der Waals surface area contributed by atoms with Gasteiger partial charge in [-0.3, -0.25) is 9.59 Å². The van der Waals surface area contributed by atoms with Crippen molar-refractivity contribution in [1.82, 2.24) is 0 Å². The van der Waals surface area contributed by atoms with Crippen LogP contribution in [-0.4, -0.2) is 26.0 Å². The Kier molecular flexibility index (Phi) is 2.25. The maximum absolute atomic E-state index is 10.6. The van der Waals surface area contributed by atoms with Crippen LogP contribution in [0.4, 0.5) is 4.79 Å². The fraction of sp³-hybridized carbons (Fsp3) is 0.600. The Morgan fingerprint density at radius 3 is 2.40 bits per heavy atom. The highest BCUT2D eigenvalue weighted by atomic mass is 32.2. The molecule has 5 heteroatoms. The molecule has 1 aliphatic rings. The molecule has 0 aromatic carbocycles. The summed E-state index contributed by atoms with van der Waals surface area (Å²) < 4.78 is -0.0834. The van der Waals surface area contributed by atoms with Crippen LogP contribution in [0.2, 0.25) is 0 Å². The van der Waals surface area contributed by atoms with Gasteiger partial charge in [0.2, 0.25) is 4.45 Å². The van der Waals surface area contributed by atoms with Gasteiger partial charge in [-0.25, -0.2) is 0 Å². The molecule has 1 fully saturated rings. The molecule has 56 valence electrons. The summed E-state index contributed by atoms with van der Waals surface area (Å²) in [5.74, 6) is -0.893. The van der Waals surface area contributed by atoms with Gasteiger partial charge in [-0.2, -0.15) is 0 Å². The molecule has 1 aliphatic heterocycles. The number of carboxylic acid groups (broad SMARTS) is 1. The van der Waals surface area contributed by atoms with E-state index in [0.717, 1.165) is 23.5 Å². The lowest BCUT2D eigenvalue weighted by molar-refractivity contribution is -0.136. The molecule has 2 atom stereocenters. The minimum atomic E-state index is -0.893. The Hall–Kier alpha value is -0.160. The smallest absolute Gasteiger partial charge is 0.318 e. The van der Waals surface area contributed by atoms with Crippen molar-refractivity contribution in [1.29, 1.82) is 0 Å². The molecule has 10 heavy (non-hydrogen) atoms. The fourth-order valence-corrected chi connectivity index (χ4v) is 3.06. The van der Waals surface area contributed by atoms with Crippen molar-refractivity contribution in [2.45, 2.75) is 17.4 Å². The van der Waals surface area contributed by atoms with Gasteiger partial charge in [0.1, 0.15) is 5.25 Å². The highest BCUT2D eigenvalue weighted by molar-refractivity contribution is 8.42. The normalized spacial score (nSPS) is 32.7. The molecular weight excluding hydrogens is 172 g/mol. The largest absolute Gasteiger partial charge is 0.480 e. The quantitative estimate of drug-likeness (QED) is 0.658. The summed E-state index contributed by atoms with van der Waals surface area (Å²) in [5.41, 5.74) is 0. The number of hydrogen-bond acceptors (Lipinski definition) is 4. The monoisotopic (exact) mass is 178 g/mol. The molecule has 0 aliphatic carbocycles. The third kappa shape index (κ3) is 1.46. The van der Waals surface area contributed by atoms with Crippen LogP contribution in [0.15, 0.2) is 0 Å². The number of carbonyl (C=O) groups is 2. The lowest BCUT2D eigenvalue weighted by Gasteiger charge is -2.03. The van der Waals surface area contributed by atoms with Crippen LogP contribution in [0.1, 0.15) is 6.92 Å². The summed E-state index contributed by atoms with van der Waals surface area (Å²) in [6, 6.07) is 0. The van der Waals surface area contributed by atoms with E-state index in [0.29, 0.717) is 0 Å². The molecule has 3 nitrogen and oxygen atoms in total. The first-order chi connectivity index (χ1) is 4.61. The van der Waals surface area contributed by atoms with Gasteiger partial charge in [0.15, 0.2) is 0 Å². The van der Waals surface area contributed by atoms with Crippen LogP contribution in [0.25, 0.3) is 0 Å². The standard InChI is InChI=1S/C5H6O3S2/c1-2-3(4(6)7)10-5(8)9-2/h2-3H,1H3,(H,6,7). The third-order valence-electron chi connectivity index (χ3n) is 1.18. The van der Waals surface area contributed by atoms with E-state index < -0.39 is 11.2 Å². The van der Waals surface area contributed by atoms with Crippen LogP contribution < -0.4 is 0 Å². The number of thioether (sulfide) groups is 2. The van der Waals surface area contributed by atoms with Crippen LogP contribution >= 0.6 is 23.5 Å². The minimum Gasteiger partial charge on any atom is -0.480 e. The van der Waals surface area contributed by atoms with E-state index in [4.69, 9.17) is 5.11 Å². The highest BCUT2D eigenvalue weighted by Crippen LogP contribution is 2.38. The average Bonchev–Trinajstić information content (AvgIpc) is 2.10. The van der Waals surface area contributed by atoms with E-state index in [1.54, 1.807) is 6.92 Å². The number of carbonyl (C=O) groups excluding carboxylic acids is 1. The van der Waals surface area contributed by atoms with E-state index in [1.807, 2.05) is 0 Å². The first kappa shape index (κ1) is 7.94. The number of aliphatic carboxylic acids is 1. The molecule has 0 bridgehead atoms. The molecule has 1 N–H and O–H groups in total. The van der Waals surface area contributed by atoms with Crippen molar-refractivity contribution in [2.24, 2.45) is 0 Å². The molecule has 1 heterocycles. The fourth-order valence-electron chi connectivity index (χ4n) is 0.692. The van der Waals surface area contributed by atoms with E-state index in [2.05, 4.69) is 0 Å². The van der Waals surface area contributed by atoms with Gasteiger partial charge < -0.3 is 5.11 Å². The topological polar surface area (TPSA) is 54.4 Å². The summed E-state index contributed by atoms with van der Waals surface area (Å²) in [4.78, 5) is 21.0. The van der Waals surface area contributed by atoms with Crippen molar-refractivity contribution in [3.05, 3.63) is 0 Å². The molecule has 0 radical (unpaired) electrons. The summed E-state index contributed by atoms with van der Waals surface area (Å²) >= 11 is 2.01. The Balaban J connectivity index is 2.63. The SMILES string of the molecule is CC1SC(=O)SC1C(=O)O. The summed E-state index contributed by atoms with van der Waals surface area (Å²) in [6.45, 7) is 1.75. The zero-order chi connectivity index (χ0) is 7.72. The van der Waals surface area contributed by atoms with Crippen molar-refractivity contribution in [3.63, 3.8) is 0 Å². The van der Waals surface area contributed by atoms with Crippen LogP contribution in [0.3, 0.4) is 0 Å². The Morgan fingerprint density at radius 2 is 2.20 bits per heavy atom. The molecule has 0 spiro atoms. The number of rotatable bonds is 1. The van der Waals surface area contributed by atoms with Gasteiger partial charge in [-0.1, -0.05) is 30.4 Å². The molecule has 2 unspecified atom stereocenters. The predicted octanol–water partition coefficient (Wildman–Crippen LogP) is 1.43. The molecule has 0 aromatic rings. The van der Waals surface area contributed by atoms with Gasteiger partial charge in [0.25, 0.3) is 0 Å². The third-order valence-corrected chi connectivity index (χ3v) is 3.82. The molecule has 0 saturated carbocycles. The second-order valence-corrected chi connectivity index (χ2v) is 4.67. The average molecular weight is 178 g/mol. The van der Waals surface area contributed by atoms with Gasteiger partial charge in [-0.05, 0) is 0 Å².